The number of carbonyl (C=O) groups is 1. The number of aryl methyl sites for hydroxylation is 2. The minimum absolute atomic E-state index is 0.204. The van der Waals surface area contributed by atoms with Crippen molar-refractivity contribution in [1.29, 1.82) is 0 Å². The number of carbonyl (C=O) groups excluding carboxylic acids is 1. The maximum atomic E-state index is 13.0. The molecule has 0 bridgehead atoms. The quantitative estimate of drug-likeness (QED) is 0.719. The highest BCUT2D eigenvalue weighted by Crippen LogP contribution is 2.26. The van der Waals surface area contributed by atoms with Crippen molar-refractivity contribution in [3.8, 4) is 0 Å². The van der Waals surface area contributed by atoms with Gasteiger partial charge >= 0.3 is 0 Å². The van der Waals surface area contributed by atoms with E-state index >= 15 is 0 Å². The van der Waals surface area contributed by atoms with Crippen LogP contribution in [-0.4, -0.2) is 55.8 Å². The molecule has 6 nitrogen and oxygen atoms in total. The van der Waals surface area contributed by atoms with Gasteiger partial charge in [-0.05, 0) is 62.2 Å². The summed E-state index contributed by atoms with van der Waals surface area (Å²) in [6.07, 6.45) is 0. The first-order valence-corrected chi connectivity index (χ1v) is 11.9. The van der Waals surface area contributed by atoms with Crippen LogP contribution in [0.15, 0.2) is 41.3 Å². The van der Waals surface area contributed by atoms with Crippen molar-refractivity contribution in [2.75, 3.05) is 31.5 Å². The number of piperazine rings is 1. The maximum Gasteiger partial charge on any atom is 0.243 e. The monoisotopic (exact) mass is 469 g/mol. The molecule has 2 aromatic rings. The van der Waals surface area contributed by atoms with Gasteiger partial charge in [0.05, 0.1) is 21.6 Å². The molecule has 9 heteroatoms. The van der Waals surface area contributed by atoms with E-state index in [0.717, 1.165) is 11.1 Å². The van der Waals surface area contributed by atoms with E-state index in [1.165, 1.54) is 4.31 Å². The second-order valence-corrected chi connectivity index (χ2v) is 10.3. The maximum absolute atomic E-state index is 13.0. The van der Waals surface area contributed by atoms with Crippen LogP contribution in [0.5, 0.6) is 0 Å². The highest BCUT2D eigenvalue weighted by atomic mass is 35.5. The average molecular weight is 470 g/mol. The number of halogens is 2. The lowest BCUT2D eigenvalue weighted by Gasteiger charge is -2.36. The van der Waals surface area contributed by atoms with Crippen LogP contribution in [0, 0.1) is 13.8 Å². The van der Waals surface area contributed by atoms with Crippen molar-refractivity contribution in [2.45, 2.75) is 31.7 Å². The normalized spacial score (nSPS) is 17.0. The van der Waals surface area contributed by atoms with Crippen LogP contribution in [0.1, 0.15) is 18.1 Å². The molecular weight excluding hydrogens is 445 g/mol. The number of hydrogen-bond donors (Lipinski definition) is 1. The number of nitrogens with zero attached hydrogens (tertiary/aromatic N) is 2. The first kappa shape index (κ1) is 23.0. The second kappa shape index (κ2) is 9.24. The molecule has 0 spiro atoms. The molecule has 1 amide bonds. The van der Waals surface area contributed by atoms with Crippen LogP contribution >= 0.6 is 23.2 Å². The topological polar surface area (TPSA) is 69.7 Å². The molecule has 1 saturated heterocycles. The molecule has 0 radical (unpaired) electrons. The molecule has 0 saturated carbocycles. The summed E-state index contributed by atoms with van der Waals surface area (Å²) in [5, 5.41) is 3.67. The van der Waals surface area contributed by atoms with E-state index in [4.69, 9.17) is 23.2 Å². The molecule has 0 unspecified atom stereocenters. The van der Waals surface area contributed by atoms with Gasteiger partial charge in [0.2, 0.25) is 15.9 Å². The van der Waals surface area contributed by atoms with Gasteiger partial charge in [-0.2, -0.15) is 4.31 Å². The smallest absolute Gasteiger partial charge is 0.243 e. The third-order valence-electron chi connectivity index (χ3n) is 5.51. The van der Waals surface area contributed by atoms with E-state index < -0.39 is 16.1 Å². The summed E-state index contributed by atoms with van der Waals surface area (Å²) in [6, 6.07) is 9.64. The van der Waals surface area contributed by atoms with Crippen LogP contribution < -0.4 is 5.32 Å². The van der Waals surface area contributed by atoms with Gasteiger partial charge in [0.1, 0.15) is 0 Å². The van der Waals surface area contributed by atoms with Crippen molar-refractivity contribution < 1.29 is 13.2 Å². The van der Waals surface area contributed by atoms with E-state index in [9.17, 15) is 13.2 Å². The predicted molar refractivity (Wildman–Crippen MR) is 121 cm³/mol. The zero-order valence-electron chi connectivity index (χ0n) is 17.2. The van der Waals surface area contributed by atoms with Gasteiger partial charge in [0, 0.05) is 31.2 Å². The van der Waals surface area contributed by atoms with Crippen LogP contribution in [0.3, 0.4) is 0 Å². The zero-order chi connectivity index (χ0) is 22.1. The van der Waals surface area contributed by atoms with Crippen LogP contribution in [0.2, 0.25) is 10.0 Å². The third kappa shape index (κ3) is 4.98. The molecule has 3 rings (SSSR count). The Kier molecular flexibility index (Phi) is 7.09. The van der Waals surface area contributed by atoms with Gasteiger partial charge in [0.15, 0.2) is 0 Å². The lowest BCUT2D eigenvalue weighted by molar-refractivity contribution is -0.121. The Hall–Kier alpha value is -1.64. The number of benzene rings is 2. The van der Waals surface area contributed by atoms with Crippen molar-refractivity contribution in [3.63, 3.8) is 0 Å². The fraction of sp³-hybridized carbons (Fsp3) is 0.381. The summed E-state index contributed by atoms with van der Waals surface area (Å²) in [6.45, 7) is 7.24. The van der Waals surface area contributed by atoms with Crippen LogP contribution in [0.4, 0.5) is 5.69 Å². The minimum atomic E-state index is -3.55. The van der Waals surface area contributed by atoms with Crippen molar-refractivity contribution in [3.05, 3.63) is 57.6 Å². The Morgan fingerprint density at radius 1 is 1.00 bits per heavy atom. The van der Waals surface area contributed by atoms with E-state index in [2.05, 4.69) is 5.32 Å². The summed E-state index contributed by atoms with van der Waals surface area (Å²) >= 11 is 12.0. The van der Waals surface area contributed by atoms with Gasteiger partial charge in [-0.3, -0.25) is 9.69 Å². The molecule has 30 heavy (non-hydrogen) atoms. The molecule has 1 aliphatic rings. The SMILES string of the molecule is Cc1ccc(S(=O)(=O)N2CCN([C@H](C)C(=O)Nc3ccc(Cl)cc3Cl)CC2)cc1C. The summed E-state index contributed by atoms with van der Waals surface area (Å²) in [5.41, 5.74) is 2.49. The van der Waals surface area contributed by atoms with E-state index in [1.54, 1.807) is 37.3 Å². The largest absolute Gasteiger partial charge is 0.323 e. The molecule has 1 atom stereocenters. The van der Waals surface area contributed by atoms with Gasteiger partial charge in [-0.1, -0.05) is 29.3 Å². The number of amides is 1. The highest BCUT2D eigenvalue weighted by Gasteiger charge is 2.32. The fourth-order valence-electron chi connectivity index (χ4n) is 3.35. The lowest BCUT2D eigenvalue weighted by Crippen LogP contribution is -2.53. The van der Waals surface area contributed by atoms with Crippen LogP contribution in [-0.2, 0) is 14.8 Å². The molecule has 1 fully saturated rings. The Bertz CT molecular complexity index is 1050. The number of rotatable bonds is 5. The summed E-state index contributed by atoms with van der Waals surface area (Å²) in [5.74, 6) is -0.204. The highest BCUT2D eigenvalue weighted by molar-refractivity contribution is 7.89. The van der Waals surface area contributed by atoms with Crippen molar-refractivity contribution in [2.24, 2.45) is 0 Å². The van der Waals surface area contributed by atoms with Crippen molar-refractivity contribution >= 4 is 44.8 Å². The van der Waals surface area contributed by atoms with Gasteiger partial charge in [0.25, 0.3) is 0 Å². The van der Waals surface area contributed by atoms with E-state index in [-0.39, 0.29) is 5.91 Å². The van der Waals surface area contributed by atoms with Gasteiger partial charge < -0.3 is 5.32 Å². The molecule has 1 heterocycles. The number of nitrogens with one attached hydrogen (secondary N) is 1. The molecule has 2 aromatic carbocycles. The first-order chi connectivity index (χ1) is 14.1. The number of sulfonamides is 1. The molecular formula is C21H25Cl2N3O3S. The predicted octanol–water partition coefficient (Wildman–Crippen LogP) is 3.94. The van der Waals surface area contributed by atoms with Gasteiger partial charge in [-0.15, -0.1) is 0 Å². The van der Waals surface area contributed by atoms with Crippen molar-refractivity contribution in [1.82, 2.24) is 9.21 Å². The Balaban J connectivity index is 1.62. The second-order valence-electron chi connectivity index (χ2n) is 7.48. The Morgan fingerprint density at radius 2 is 1.67 bits per heavy atom. The molecule has 1 aliphatic heterocycles. The van der Waals surface area contributed by atoms with Crippen LogP contribution in [0.25, 0.3) is 0 Å². The molecule has 162 valence electrons. The number of hydrogen-bond acceptors (Lipinski definition) is 4. The standard InChI is InChI=1S/C21H25Cl2N3O3S/c1-14-4-6-18(12-15(14)2)30(28,29)26-10-8-25(9-11-26)16(3)21(27)24-20-7-5-17(22)13-19(20)23/h4-7,12-13,16H,8-11H2,1-3H3,(H,24,27)/t16-/m1/s1. The first-order valence-electron chi connectivity index (χ1n) is 9.67. The van der Waals surface area contributed by atoms with E-state index in [0.29, 0.717) is 46.8 Å². The van der Waals surface area contributed by atoms with Gasteiger partial charge in [-0.25, -0.2) is 8.42 Å². The average Bonchev–Trinajstić information content (AvgIpc) is 2.71. The fourth-order valence-corrected chi connectivity index (χ4v) is 5.31. The zero-order valence-corrected chi connectivity index (χ0v) is 19.5. The molecule has 1 N–H and O–H groups in total. The summed E-state index contributed by atoms with van der Waals surface area (Å²) in [4.78, 5) is 14.9. The Labute approximate surface area is 187 Å². The summed E-state index contributed by atoms with van der Waals surface area (Å²) < 4.78 is 27.4. The third-order valence-corrected chi connectivity index (χ3v) is 7.95. The molecule has 0 aliphatic carbocycles. The number of anilines is 1. The Morgan fingerprint density at radius 3 is 2.27 bits per heavy atom. The summed E-state index contributed by atoms with van der Waals surface area (Å²) in [7, 11) is -3.55. The van der Waals surface area contributed by atoms with E-state index in [1.807, 2.05) is 24.8 Å². The minimum Gasteiger partial charge on any atom is -0.323 e. The lowest BCUT2D eigenvalue weighted by atomic mass is 10.1. The molecule has 0 aromatic heterocycles.